The Morgan fingerprint density at radius 2 is 1.73 bits per heavy atom. The van der Waals surface area contributed by atoms with E-state index in [1.165, 1.54) is 4.90 Å². The fraction of sp³-hybridized carbons (Fsp3) is 0.333. The molecule has 0 bridgehead atoms. The number of methoxy groups -OCH3 is 1. The van der Waals surface area contributed by atoms with Crippen molar-refractivity contribution >= 4 is 23.1 Å². The lowest BCUT2D eigenvalue weighted by molar-refractivity contribution is -0.137. The van der Waals surface area contributed by atoms with Gasteiger partial charge >= 0.3 is 0 Å². The monoisotopic (exact) mass is 408 g/mol. The molecule has 0 unspecified atom stereocenters. The zero-order valence-corrected chi connectivity index (χ0v) is 17.9. The largest absolute Gasteiger partial charge is 0.497 e. The van der Waals surface area contributed by atoms with Crippen LogP contribution in [0.15, 0.2) is 54.2 Å². The summed E-state index contributed by atoms with van der Waals surface area (Å²) in [6.45, 7) is 7.00. The molecule has 6 heteroatoms. The van der Waals surface area contributed by atoms with Gasteiger partial charge in [-0.2, -0.15) is 0 Å². The average molecular weight is 408 g/mol. The summed E-state index contributed by atoms with van der Waals surface area (Å²) in [5, 5.41) is 3.15. The molecule has 0 aliphatic carbocycles. The van der Waals surface area contributed by atoms with E-state index < -0.39 is 0 Å². The minimum absolute atomic E-state index is 0.167. The second-order valence-corrected chi connectivity index (χ2v) is 7.59. The van der Waals surface area contributed by atoms with Crippen molar-refractivity contribution in [3.8, 4) is 11.5 Å². The number of benzene rings is 2. The standard InChI is InChI=1S/C24H28N2O4/c1-5-13-30-19-11-9-17(10-12-19)21-22(24(28)26(23(21)27)15-16(2)3)25-18-7-6-8-20(14-18)29-4/h6-12,14,16,25H,5,13,15H2,1-4H3. The minimum atomic E-state index is -0.321. The van der Waals surface area contributed by atoms with E-state index in [0.717, 1.165) is 12.2 Å². The smallest absolute Gasteiger partial charge is 0.278 e. The van der Waals surface area contributed by atoms with Crippen LogP contribution in [0.2, 0.25) is 0 Å². The van der Waals surface area contributed by atoms with E-state index in [0.29, 0.717) is 35.7 Å². The third kappa shape index (κ3) is 4.64. The van der Waals surface area contributed by atoms with Crippen LogP contribution in [-0.2, 0) is 9.59 Å². The molecule has 0 spiro atoms. The summed E-state index contributed by atoms with van der Waals surface area (Å²) in [4.78, 5) is 27.6. The second kappa shape index (κ2) is 9.48. The van der Waals surface area contributed by atoms with E-state index >= 15 is 0 Å². The first-order chi connectivity index (χ1) is 14.4. The number of ether oxygens (including phenoxy) is 2. The molecule has 2 amide bonds. The van der Waals surface area contributed by atoms with E-state index in [2.05, 4.69) is 5.32 Å². The second-order valence-electron chi connectivity index (χ2n) is 7.59. The van der Waals surface area contributed by atoms with Gasteiger partial charge in [0.15, 0.2) is 0 Å². The molecule has 1 aliphatic heterocycles. The van der Waals surface area contributed by atoms with Gasteiger partial charge in [-0.3, -0.25) is 14.5 Å². The fourth-order valence-corrected chi connectivity index (χ4v) is 3.27. The first kappa shape index (κ1) is 21.4. The molecule has 2 aromatic carbocycles. The van der Waals surface area contributed by atoms with Crippen molar-refractivity contribution < 1.29 is 19.1 Å². The normalized spacial score (nSPS) is 14.0. The Morgan fingerprint density at radius 1 is 1.00 bits per heavy atom. The van der Waals surface area contributed by atoms with Crippen molar-refractivity contribution in [3.05, 3.63) is 59.8 Å². The minimum Gasteiger partial charge on any atom is -0.497 e. The molecule has 1 N–H and O–H groups in total. The lowest BCUT2D eigenvalue weighted by Crippen LogP contribution is -2.35. The molecule has 0 fully saturated rings. The summed E-state index contributed by atoms with van der Waals surface area (Å²) < 4.78 is 10.9. The van der Waals surface area contributed by atoms with Crippen LogP contribution < -0.4 is 14.8 Å². The van der Waals surface area contributed by atoms with Crippen molar-refractivity contribution in [1.29, 1.82) is 0 Å². The molecule has 30 heavy (non-hydrogen) atoms. The summed E-state index contributed by atoms with van der Waals surface area (Å²) >= 11 is 0. The van der Waals surface area contributed by atoms with E-state index in [-0.39, 0.29) is 23.4 Å². The number of nitrogens with one attached hydrogen (secondary N) is 1. The highest BCUT2D eigenvalue weighted by Gasteiger charge is 2.39. The fourth-order valence-electron chi connectivity index (χ4n) is 3.27. The van der Waals surface area contributed by atoms with Crippen LogP contribution in [0.25, 0.3) is 5.57 Å². The Hall–Kier alpha value is -3.28. The molecule has 1 heterocycles. The molecule has 6 nitrogen and oxygen atoms in total. The van der Waals surface area contributed by atoms with E-state index in [1.54, 1.807) is 13.2 Å². The zero-order chi connectivity index (χ0) is 21.7. The van der Waals surface area contributed by atoms with Crippen LogP contribution in [0.1, 0.15) is 32.8 Å². The molecular formula is C24H28N2O4. The molecule has 1 aliphatic rings. The summed E-state index contributed by atoms with van der Waals surface area (Å²) in [7, 11) is 1.58. The molecule has 158 valence electrons. The lowest BCUT2D eigenvalue weighted by Gasteiger charge is -2.17. The Labute approximate surface area is 177 Å². The molecule has 0 aromatic heterocycles. The van der Waals surface area contributed by atoms with Gasteiger partial charge in [-0.15, -0.1) is 0 Å². The number of carbonyl (C=O) groups is 2. The Balaban J connectivity index is 1.99. The van der Waals surface area contributed by atoms with Gasteiger partial charge in [0.05, 0.1) is 19.3 Å². The van der Waals surface area contributed by atoms with Crippen LogP contribution in [0.4, 0.5) is 5.69 Å². The number of nitrogens with zero attached hydrogens (tertiary/aromatic N) is 1. The summed E-state index contributed by atoms with van der Waals surface area (Å²) in [6, 6.07) is 14.5. The van der Waals surface area contributed by atoms with Crippen molar-refractivity contribution in [1.82, 2.24) is 4.90 Å². The van der Waals surface area contributed by atoms with Gasteiger partial charge in [0, 0.05) is 18.3 Å². The van der Waals surface area contributed by atoms with Gasteiger partial charge in [-0.05, 0) is 42.2 Å². The molecule has 3 rings (SSSR count). The number of carbonyl (C=O) groups excluding carboxylic acids is 2. The first-order valence-corrected chi connectivity index (χ1v) is 10.2. The predicted octanol–water partition coefficient (Wildman–Crippen LogP) is 4.33. The first-order valence-electron chi connectivity index (χ1n) is 10.2. The molecule has 2 aromatic rings. The number of hydrogen-bond acceptors (Lipinski definition) is 5. The zero-order valence-electron chi connectivity index (χ0n) is 17.9. The maximum atomic E-state index is 13.2. The summed E-state index contributed by atoms with van der Waals surface area (Å²) in [5.41, 5.74) is 1.99. The SMILES string of the molecule is CCCOc1ccc(C2=C(Nc3cccc(OC)c3)C(=O)N(CC(C)C)C2=O)cc1. The molecule has 0 saturated heterocycles. The van der Waals surface area contributed by atoms with Gasteiger partial charge in [0.25, 0.3) is 11.8 Å². The maximum absolute atomic E-state index is 13.2. The van der Waals surface area contributed by atoms with Crippen molar-refractivity contribution in [2.75, 3.05) is 25.6 Å². The maximum Gasteiger partial charge on any atom is 0.278 e. The van der Waals surface area contributed by atoms with Crippen molar-refractivity contribution in [2.24, 2.45) is 5.92 Å². The lowest BCUT2D eigenvalue weighted by atomic mass is 10.0. The number of imide groups is 1. The van der Waals surface area contributed by atoms with E-state index in [1.807, 2.05) is 63.2 Å². The average Bonchev–Trinajstić information content (AvgIpc) is 2.96. The highest BCUT2D eigenvalue weighted by Crippen LogP contribution is 2.32. The number of hydrogen-bond donors (Lipinski definition) is 1. The highest BCUT2D eigenvalue weighted by molar-refractivity contribution is 6.36. The van der Waals surface area contributed by atoms with Gasteiger partial charge in [-0.25, -0.2) is 0 Å². The predicted molar refractivity (Wildman–Crippen MR) is 117 cm³/mol. The molecule has 0 atom stereocenters. The van der Waals surface area contributed by atoms with Gasteiger partial charge < -0.3 is 14.8 Å². The van der Waals surface area contributed by atoms with Crippen LogP contribution >= 0.6 is 0 Å². The Bertz CT molecular complexity index is 948. The number of rotatable bonds is 9. The summed E-state index contributed by atoms with van der Waals surface area (Å²) in [6.07, 6.45) is 0.915. The van der Waals surface area contributed by atoms with E-state index in [4.69, 9.17) is 9.47 Å². The molecule has 0 saturated carbocycles. The van der Waals surface area contributed by atoms with Gasteiger partial charge in [-0.1, -0.05) is 39.0 Å². The third-order valence-corrected chi connectivity index (χ3v) is 4.67. The van der Waals surface area contributed by atoms with Gasteiger partial charge in [0.1, 0.15) is 17.2 Å². The van der Waals surface area contributed by atoms with Crippen LogP contribution in [-0.4, -0.2) is 37.0 Å². The number of anilines is 1. The number of amides is 2. The molecule has 0 radical (unpaired) electrons. The van der Waals surface area contributed by atoms with Crippen LogP contribution in [0.5, 0.6) is 11.5 Å². The third-order valence-electron chi connectivity index (χ3n) is 4.67. The summed E-state index contributed by atoms with van der Waals surface area (Å²) in [5.74, 6) is 0.953. The van der Waals surface area contributed by atoms with E-state index in [9.17, 15) is 9.59 Å². The van der Waals surface area contributed by atoms with Gasteiger partial charge in [0.2, 0.25) is 0 Å². The Kier molecular flexibility index (Phi) is 6.77. The quantitative estimate of drug-likeness (QED) is 0.626. The molecular weight excluding hydrogens is 380 g/mol. The highest BCUT2D eigenvalue weighted by atomic mass is 16.5. The van der Waals surface area contributed by atoms with Crippen molar-refractivity contribution in [3.63, 3.8) is 0 Å². The van der Waals surface area contributed by atoms with Crippen LogP contribution in [0.3, 0.4) is 0 Å². The van der Waals surface area contributed by atoms with Crippen LogP contribution in [0, 0.1) is 5.92 Å². The van der Waals surface area contributed by atoms with Crippen molar-refractivity contribution in [2.45, 2.75) is 27.2 Å². The topological polar surface area (TPSA) is 67.9 Å². The Morgan fingerprint density at radius 3 is 2.37 bits per heavy atom.